The SMILES string of the molecule is CC(=O)c1cc(Cl)c(C2CCOCC2)o1. The van der Waals surface area contributed by atoms with E-state index < -0.39 is 0 Å². The maximum absolute atomic E-state index is 11.1. The van der Waals surface area contributed by atoms with Crippen LogP contribution < -0.4 is 0 Å². The Hall–Kier alpha value is -0.800. The van der Waals surface area contributed by atoms with Crippen LogP contribution in [0.25, 0.3) is 0 Å². The summed E-state index contributed by atoms with van der Waals surface area (Å²) >= 11 is 6.04. The van der Waals surface area contributed by atoms with Gasteiger partial charge in [0.2, 0.25) is 0 Å². The largest absolute Gasteiger partial charge is 0.456 e. The molecule has 4 heteroatoms. The van der Waals surface area contributed by atoms with Crippen LogP contribution in [0.15, 0.2) is 10.5 Å². The van der Waals surface area contributed by atoms with Crippen LogP contribution in [0.4, 0.5) is 0 Å². The van der Waals surface area contributed by atoms with Gasteiger partial charge in [-0.1, -0.05) is 11.6 Å². The first-order valence-corrected chi connectivity index (χ1v) is 5.44. The lowest BCUT2D eigenvalue weighted by atomic mass is 9.98. The molecule has 0 saturated carbocycles. The average molecular weight is 229 g/mol. The molecular weight excluding hydrogens is 216 g/mol. The second-order valence-corrected chi connectivity index (χ2v) is 4.17. The number of ether oxygens (including phenoxy) is 1. The predicted molar refractivity (Wildman–Crippen MR) is 56.5 cm³/mol. The van der Waals surface area contributed by atoms with Gasteiger partial charge in [0, 0.05) is 32.1 Å². The molecule has 1 aromatic heterocycles. The maximum atomic E-state index is 11.1. The van der Waals surface area contributed by atoms with E-state index in [0.29, 0.717) is 16.7 Å². The summed E-state index contributed by atoms with van der Waals surface area (Å²) in [6.07, 6.45) is 1.81. The maximum Gasteiger partial charge on any atom is 0.194 e. The highest BCUT2D eigenvalue weighted by atomic mass is 35.5. The Kier molecular flexibility index (Phi) is 3.12. The molecule has 0 spiro atoms. The summed E-state index contributed by atoms with van der Waals surface area (Å²) in [6, 6.07) is 1.61. The highest BCUT2D eigenvalue weighted by Gasteiger charge is 2.23. The van der Waals surface area contributed by atoms with E-state index in [1.807, 2.05) is 0 Å². The van der Waals surface area contributed by atoms with Crippen LogP contribution >= 0.6 is 11.6 Å². The minimum atomic E-state index is -0.0878. The molecule has 82 valence electrons. The lowest BCUT2D eigenvalue weighted by Crippen LogP contribution is -2.13. The van der Waals surface area contributed by atoms with Gasteiger partial charge in [-0.3, -0.25) is 4.79 Å². The average Bonchev–Trinajstić information content (AvgIpc) is 2.62. The van der Waals surface area contributed by atoms with Gasteiger partial charge in [0.15, 0.2) is 11.5 Å². The number of Topliss-reactive ketones (excluding diaryl/α,β-unsaturated/α-hetero) is 1. The molecule has 0 aliphatic carbocycles. The molecule has 2 heterocycles. The number of carbonyl (C=O) groups excluding carboxylic acids is 1. The smallest absolute Gasteiger partial charge is 0.194 e. The molecule has 0 radical (unpaired) electrons. The summed E-state index contributed by atoms with van der Waals surface area (Å²) in [5, 5.41) is 0.562. The van der Waals surface area contributed by atoms with Gasteiger partial charge in [-0.15, -0.1) is 0 Å². The van der Waals surface area contributed by atoms with Crippen molar-refractivity contribution in [2.45, 2.75) is 25.7 Å². The first kappa shape index (κ1) is 10.7. The Balaban J connectivity index is 2.22. The van der Waals surface area contributed by atoms with E-state index in [-0.39, 0.29) is 5.78 Å². The number of rotatable bonds is 2. The first-order valence-electron chi connectivity index (χ1n) is 5.06. The molecular formula is C11H13ClO3. The molecule has 0 bridgehead atoms. The summed E-state index contributed by atoms with van der Waals surface area (Å²) in [5.41, 5.74) is 0. The van der Waals surface area contributed by atoms with Crippen molar-refractivity contribution < 1.29 is 13.9 Å². The normalized spacial score (nSPS) is 18.0. The Labute approximate surface area is 93.4 Å². The summed E-state index contributed by atoms with van der Waals surface area (Å²) in [5.74, 6) is 1.29. The van der Waals surface area contributed by atoms with Gasteiger partial charge in [0.25, 0.3) is 0 Å². The number of furan rings is 1. The van der Waals surface area contributed by atoms with Gasteiger partial charge in [0.1, 0.15) is 5.76 Å². The Morgan fingerprint density at radius 3 is 2.67 bits per heavy atom. The molecule has 0 unspecified atom stereocenters. The minimum Gasteiger partial charge on any atom is -0.456 e. The Morgan fingerprint density at radius 2 is 2.13 bits per heavy atom. The van der Waals surface area contributed by atoms with Crippen LogP contribution in [-0.4, -0.2) is 19.0 Å². The molecule has 0 N–H and O–H groups in total. The molecule has 0 atom stereocenters. The van der Waals surface area contributed by atoms with E-state index in [9.17, 15) is 4.79 Å². The fourth-order valence-electron chi connectivity index (χ4n) is 1.79. The van der Waals surface area contributed by atoms with E-state index in [0.717, 1.165) is 31.8 Å². The van der Waals surface area contributed by atoms with Crippen molar-refractivity contribution in [2.24, 2.45) is 0 Å². The van der Waals surface area contributed by atoms with Crippen LogP contribution in [0.3, 0.4) is 0 Å². The van der Waals surface area contributed by atoms with Crippen molar-refractivity contribution in [3.05, 3.63) is 22.6 Å². The van der Waals surface area contributed by atoms with Gasteiger partial charge in [0.05, 0.1) is 5.02 Å². The Morgan fingerprint density at radius 1 is 1.47 bits per heavy atom. The fourth-order valence-corrected chi connectivity index (χ4v) is 2.09. The Bertz CT molecular complexity index is 364. The van der Waals surface area contributed by atoms with Crippen molar-refractivity contribution in [1.82, 2.24) is 0 Å². The zero-order chi connectivity index (χ0) is 10.8. The summed E-state index contributed by atoms with van der Waals surface area (Å²) in [4.78, 5) is 11.1. The number of halogens is 1. The summed E-state index contributed by atoms with van der Waals surface area (Å²) in [6.45, 7) is 2.94. The third-order valence-electron chi connectivity index (χ3n) is 2.65. The van der Waals surface area contributed by atoms with Gasteiger partial charge >= 0.3 is 0 Å². The van der Waals surface area contributed by atoms with E-state index >= 15 is 0 Å². The second-order valence-electron chi connectivity index (χ2n) is 3.77. The highest BCUT2D eigenvalue weighted by Crippen LogP contribution is 2.34. The summed E-state index contributed by atoms with van der Waals surface area (Å²) in [7, 11) is 0. The fraction of sp³-hybridized carbons (Fsp3) is 0.545. The molecule has 1 aliphatic heterocycles. The molecule has 0 aromatic carbocycles. The van der Waals surface area contributed by atoms with E-state index in [4.69, 9.17) is 20.8 Å². The van der Waals surface area contributed by atoms with Crippen LogP contribution in [0, 0.1) is 0 Å². The van der Waals surface area contributed by atoms with Crippen molar-refractivity contribution in [1.29, 1.82) is 0 Å². The lowest BCUT2D eigenvalue weighted by molar-refractivity contribution is 0.0799. The van der Waals surface area contributed by atoms with Crippen molar-refractivity contribution >= 4 is 17.4 Å². The molecule has 1 fully saturated rings. The van der Waals surface area contributed by atoms with E-state index in [1.165, 1.54) is 6.92 Å². The topological polar surface area (TPSA) is 39.4 Å². The van der Waals surface area contributed by atoms with Crippen LogP contribution in [0.5, 0.6) is 0 Å². The van der Waals surface area contributed by atoms with Crippen molar-refractivity contribution in [2.75, 3.05) is 13.2 Å². The standard InChI is InChI=1S/C11H13ClO3/c1-7(13)10-6-9(12)11(15-10)8-2-4-14-5-3-8/h6,8H,2-5H2,1H3. The molecule has 1 aromatic rings. The van der Waals surface area contributed by atoms with Crippen LogP contribution in [0.2, 0.25) is 5.02 Å². The number of hydrogen-bond acceptors (Lipinski definition) is 3. The van der Waals surface area contributed by atoms with Crippen molar-refractivity contribution in [3.8, 4) is 0 Å². The third-order valence-corrected chi connectivity index (χ3v) is 2.95. The number of ketones is 1. The predicted octanol–water partition coefficient (Wildman–Crippen LogP) is 3.03. The molecule has 0 amide bonds. The van der Waals surface area contributed by atoms with Gasteiger partial charge in [-0.05, 0) is 12.8 Å². The van der Waals surface area contributed by atoms with E-state index in [1.54, 1.807) is 6.07 Å². The third kappa shape index (κ3) is 2.24. The molecule has 1 saturated heterocycles. The zero-order valence-electron chi connectivity index (χ0n) is 8.59. The second kappa shape index (κ2) is 4.37. The first-order chi connectivity index (χ1) is 7.18. The van der Waals surface area contributed by atoms with Crippen LogP contribution in [-0.2, 0) is 4.74 Å². The number of carbonyl (C=O) groups is 1. The van der Waals surface area contributed by atoms with Gasteiger partial charge in [-0.25, -0.2) is 0 Å². The van der Waals surface area contributed by atoms with Crippen LogP contribution in [0.1, 0.15) is 42.0 Å². The van der Waals surface area contributed by atoms with E-state index in [2.05, 4.69) is 0 Å². The zero-order valence-corrected chi connectivity index (χ0v) is 9.34. The molecule has 2 rings (SSSR count). The highest BCUT2D eigenvalue weighted by molar-refractivity contribution is 6.31. The molecule has 1 aliphatic rings. The van der Waals surface area contributed by atoms with Gasteiger partial charge in [-0.2, -0.15) is 0 Å². The molecule has 3 nitrogen and oxygen atoms in total. The van der Waals surface area contributed by atoms with Gasteiger partial charge < -0.3 is 9.15 Å². The molecule has 15 heavy (non-hydrogen) atoms. The lowest BCUT2D eigenvalue weighted by Gasteiger charge is -2.20. The quantitative estimate of drug-likeness (QED) is 0.731. The van der Waals surface area contributed by atoms with Crippen molar-refractivity contribution in [3.63, 3.8) is 0 Å². The monoisotopic (exact) mass is 228 g/mol. The summed E-state index contributed by atoms with van der Waals surface area (Å²) < 4.78 is 10.7. The minimum absolute atomic E-state index is 0.0878. The number of hydrogen-bond donors (Lipinski definition) is 0.